The molecule has 0 spiro atoms. The summed E-state index contributed by atoms with van der Waals surface area (Å²) < 4.78 is 4.03. The van der Waals surface area contributed by atoms with Crippen molar-refractivity contribution in [2.75, 3.05) is 0 Å². The molecular formula is C14H13BrN4O2. The fourth-order valence-corrected chi connectivity index (χ4v) is 2.73. The summed E-state index contributed by atoms with van der Waals surface area (Å²) in [6, 6.07) is 7.96. The molecule has 0 unspecified atom stereocenters. The van der Waals surface area contributed by atoms with E-state index >= 15 is 0 Å². The van der Waals surface area contributed by atoms with Crippen molar-refractivity contribution in [3.63, 3.8) is 0 Å². The molecule has 108 valence electrons. The Balaban J connectivity index is 2.24. The van der Waals surface area contributed by atoms with Crippen LogP contribution in [0, 0.1) is 6.92 Å². The van der Waals surface area contributed by atoms with Gasteiger partial charge in [0.2, 0.25) is 0 Å². The molecule has 7 heteroatoms. The predicted octanol–water partition coefficient (Wildman–Crippen LogP) is 1.41. The molecule has 0 bridgehead atoms. The first-order valence-electron chi connectivity index (χ1n) is 6.38. The molecule has 0 fully saturated rings. The summed E-state index contributed by atoms with van der Waals surface area (Å²) in [5.41, 5.74) is 2.17. The van der Waals surface area contributed by atoms with Crippen molar-refractivity contribution in [2.24, 2.45) is 7.05 Å². The number of benzene rings is 1. The van der Waals surface area contributed by atoms with Gasteiger partial charge in [0.05, 0.1) is 22.5 Å². The summed E-state index contributed by atoms with van der Waals surface area (Å²) in [6.07, 6.45) is 1.59. The second kappa shape index (κ2) is 5.00. The standard InChI is InChI=1S/C14H13BrN4O2/c1-9-5-3-4-6-10(9)7-18-8-16-12-11(18)13(20)19(15)14(21)17(12)2/h3-6,8H,7H2,1-2H3. The molecular weight excluding hydrogens is 336 g/mol. The number of nitrogens with zero attached hydrogens (tertiary/aromatic N) is 4. The first-order valence-corrected chi connectivity index (χ1v) is 7.09. The zero-order chi connectivity index (χ0) is 15.1. The van der Waals surface area contributed by atoms with Crippen molar-refractivity contribution in [3.05, 3.63) is 62.6 Å². The van der Waals surface area contributed by atoms with E-state index in [-0.39, 0.29) is 0 Å². The Bertz CT molecular complexity index is 952. The molecule has 2 aromatic heterocycles. The van der Waals surface area contributed by atoms with Crippen LogP contribution in [0.5, 0.6) is 0 Å². The second-order valence-electron chi connectivity index (χ2n) is 4.90. The summed E-state index contributed by atoms with van der Waals surface area (Å²) in [4.78, 5) is 28.4. The monoisotopic (exact) mass is 348 g/mol. The number of aryl methyl sites for hydroxylation is 2. The molecule has 0 aliphatic rings. The SMILES string of the molecule is Cc1ccccc1Cn1cnc2c1c(=O)n(Br)c(=O)n2C. The molecule has 1 aromatic carbocycles. The third-order valence-electron chi connectivity index (χ3n) is 3.57. The number of hydrogen-bond donors (Lipinski definition) is 0. The van der Waals surface area contributed by atoms with Crippen LogP contribution >= 0.6 is 16.1 Å². The fourth-order valence-electron chi connectivity index (χ4n) is 2.33. The van der Waals surface area contributed by atoms with E-state index in [1.54, 1.807) is 17.9 Å². The Kier molecular flexibility index (Phi) is 3.29. The molecule has 0 saturated carbocycles. The van der Waals surface area contributed by atoms with E-state index in [1.807, 2.05) is 31.2 Å². The van der Waals surface area contributed by atoms with Crippen LogP contribution < -0.4 is 11.2 Å². The molecule has 0 saturated heterocycles. The lowest BCUT2D eigenvalue weighted by atomic mass is 10.1. The van der Waals surface area contributed by atoms with E-state index in [4.69, 9.17) is 0 Å². The molecule has 0 N–H and O–H groups in total. The maximum absolute atomic E-state index is 12.3. The summed E-state index contributed by atoms with van der Waals surface area (Å²) in [5.74, 6) is 0. The van der Waals surface area contributed by atoms with Gasteiger partial charge in [0.15, 0.2) is 11.2 Å². The van der Waals surface area contributed by atoms with Gasteiger partial charge in [0.25, 0.3) is 5.56 Å². The first-order chi connectivity index (χ1) is 10.0. The van der Waals surface area contributed by atoms with Gasteiger partial charge in [-0.2, -0.15) is 3.59 Å². The average Bonchev–Trinajstić information content (AvgIpc) is 2.89. The average molecular weight is 349 g/mol. The van der Waals surface area contributed by atoms with E-state index in [0.29, 0.717) is 17.7 Å². The van der Waals surface area contributed by atoms with Crippen molar-refractivity contribution < 1.29 is 0 Å². The molecule has 0 atom stereocenters. The van der Waals surface area contributed by atoms with Crippen LogP contribution in [0.3, 0.4) is 0 Å². The second-order valence-corrected chi connectivity index (χ2v) is 5.61. The smallest absolute Gasteiger partial charge is 0.320 e. The Hall–Kier alpha value is -2.15. The summed E-state index contributed by atoms with van der Waals surface area (Å²) in [7, 11) is 1.59. The molecule has 6 nitrogen and oxygen atoms in total. The fraction of sp³-hybridized carbons (Fsp3) is 0.214. The lowest BCUT2D eigenvalue weighted by Crippen LogP contribution is -2.34. The highest BCUT2D eigenvalue weighted by Gasteiger charge is 2.15. The minimum absolute atomic E-state index is 0.384. The van der Waals surface area contributed by atoms with Crippen LogP contribution in [0.1, 0.15) is 11.1 Å². The Morgan fingerprint density at radius 3 is 2.67 bits per heavy atom. The molecule has 0 radical (unpaired) electrons. The van der Waals surface area contributed by atoms with Gasteiger partial charge in [0.1, 0.15) is 0 Å². The highest BCUT2D eigenvalue weighted by atomic mass is 79.9. The predicted molar refractivity (Wildman–Crippen MR) is 83.8 cm³/mol. The first kappa shape index (κ1) is 13.8. The summed E-state index contributed by atoms with van der Waals surface area (Å²) in [6.45, 7) is 2.55. The molecule has 0 aliphatic heterocycles. The van der Waals surface area contributed by atoms with E-state index in [0.717, 1.165) is 14.7 Å². The number of halogens is 1. The molecule has 3 aromatic rings. The minimum atomic E-state index is -0.450. The van der Waals surface area contributed by atoms with Crippen molar-refractivity contribution in [1.29, 1.82) is 0 Å². The largest absolute Gasteiger partial charge is 0.342 e. The third-order valence-corrected chi connectivity index (χ3v) is 4.20. The third kappa shape index (κ3) is 2.13. The highest BCUT2D eigenvalue weighted by Crippen LogP contribution is 2.13. The normalized spacial score (nSPS) is 11.2. The van der Waals surface area contributed by atoms with Crippen LogP contribution in [0.2, 0.25) is 0 Å². The Morgan fingerprint density at radius 2 is 1.95 bits per heavy atom. The van der Waals surface area contributed by atoms with Crippen LogP contribution in [-0.2, 0) is 13.6 Å². The molecule has 2 heterocycles. The van der Waals surface area contributed by atoms with Gasteiger partial charge in [0, 0.05) is 13.6 Å². The maximum atomic E-state index is 12.3. The maximum Gasteiger partial charge on any atom is 0.342 e. The van der Waals surface area contributed by atoms with E-state index in [1.165, 1.54) is 4.57 Å². The van der Waals surface area contributed by atoms with Gasteiger partial charge in [-0.05, 0) is 18.1 Å². The number of fused-ring (bicyclic) bond motifs is 1. The van der Waals surface area contributed by atoms with Crippen molar-refractivity contribution in [2.45, 2.75) is 13.5 Å². The zero-order valence-electron chi connectivity index (χ0n) is 11.6. The highest BCUT2D eigenvalue weighted by molar-refractivity contribution is 9.08. The van der Waals surface area contributed by atoms with Gasteiger partial charge in [-0.1, -0.05) is 24.3 Å². The van der Waals surface area contributed by atoms with E-state index in [2.05, 4.69) is 21.1 Å². The lowest BCUT2D eigenvalue weighted by Gasteiger charge is -2.08. The van der Waals surface area contributed by atoms with Crippen molar-refractivity contribution >= 4 is 27.3 Å². The Morgan fingerprint density at radius 1 is 1.24 bits per heavy atom. The zero-order valence-corrected chi connectivity index (χ0v) is 13.2. The topological polar surface area (TPSA) is 61.8 Å². The van der Waals surface area contributed by atoms with Gasteiger partial charge >= 0.3 is 5.69 Å². The van der Waals surface area contributed by atoms with Crippen LogP contribution in [0.25, 0.3) is 11.2 Å². The van der Waals surface area contributed by atoms with Crippen LogP contribution in [0.15, 0.2) is 40.2 Å². The summed E-state index contributed by atoms with van der Waals surface area (Å²) >= 11 is 3.00. The summed E-state index contributed by atoms with van der Waals surface area (Å²) in [5, 5.41) is 0. The molecule has 0 aliphatic carbocycles. The van der Waals surface area contributed by atoms with Crippen molar-refractivity contribution in [1.82, 2.24) is 17.7 Å². The van der Waals surface area contributed by atoms with Crippen LogP contribution in [0.4, 0.5) is 0 Å². The molecule has 0 amide bonds. The van der Waals surface area contributed by atoms with Gasteiger partial charge in [-0.25, -0.2) is 9.78 Å². The number of rotatable bonds is 2. The minimum Gasteiger partial charge on any atom is -0.320 e. The van der Waals surface area contributed by atoms with Crippen LogP contribution in [-0.4, -0.2) is 17.7 Å². The van der Waals surface area contributed by atoms with Gasteiger partial charge < -0.3 is 4.57 Å². The number of imidazole rings is 1. The molecule has 3 rings (SSSR count). The Labute approximate surface area is 128 Å². The van der Waals surface area contributed by atoms with E-state index < -0.39 is 11.2 Å². The van der Waals surface area contributed by atoms with Crippen molar-refractivity contribution in [3.8, 4) is 0 Å². The quantitative estimate of drug-likeness (QED) is 0.703. The van der Waals surface area contributed by atoms with Gasteiger partial charge in [-0.15, -0.1) is 0 Å². The number of hydrogen-bond acceptors (Lipinski definition) is 3. The number of aromatic nitrogens is 4. The van der Waals surface area contributed by atoms with E-state index in [9.17, 15) is 9.59 Å². The molecule has 21 heavy (non-hydrogen) atoms. The lowest BCUT2D eigenvalue weighted by molar-refractivity contribution is 0.795. The van der Waals surface area contributed by atoms with Gasteiger partial charge in [-0.3, -0.25) is 9.36 Å².